The number of piperazine rings is 1. The highest BCUT2D eigenvalue weighted by atomic mass is 19.1. The summed E-state index contributed by atoms with van der Waals surface area (Å²) in [6.07, 6.45) is 0.799. The zero-order valence-electron chi connectivity index (χ0n) is 33.3. The molecule has 302 valence electrons. The van der Waals surface area contributed by atoms with Crippen molar-refractivity contribution in [1.82, 2.24) is 29.3 Å². The number of para-hydroxylation sites is 2. The molecule has 0 bridgehead atoms. The lowest BCUT2D eigenvalue weighted by molar-refractivity contribution is -0.124. The predicted molar refractivity (Wildman–Crippen MR) is 224 cm³/mol. The fourth-order valence-corrected chi connectivity index (χ4v) is 8.14. The molecule has 0 saturated carbocycles. The fraction of sp³-hybridized carbons (Fsp3) is 0.170. The molecular weight excluding hydrogens is 767 g/mol. The number of methoxy groups -OCH3 is 2. The van der Waals surface area contributed by atoms with E-state index in [9.17, 15) is 4.79 Å². The molecule has 13 heteroatoms. The van der Waals surface area contributed by atoms with Gasteiger partial charge in [-0.25, -0.2) is 18.7 Å². The lowest BCUT2D eigenvalue weighted by Gasteiger charge is -2.45. The van der Waals surface area contributed by atoms with E-state index in [0.29, 0.717) is 74.0 Å². The van der Waals surface area contributed by atoms with Gasteiger partial charge in [-0.1, -0.05) is 48.5 Å². The number of aryl methyl sites for hydroxylation is 2. The largest absolute Gasteiger partial charge is 0.481 e. The number of pyridine rings is 2. The molecule has 1 fully saturated rings. The summed E-state index contributed by atoms with van der Waals surface area (Å²) in [6.45, 7) is 4.43. The molecule has 60 heavy (non-hydrogen) atoms. The van der Waals surface area contributed by atoms with Crippen LogP contribution in [-0.2, 0) is 10.3 Å². The number of halogens is 2. The van der Waals surface area contributed by atoms with Crippen molar-refractivity contribution in [2.75, 3.05) is 33.9 Å². The number of aromatic nitrogens is 4. The van der Waals surface area contributed by atoms with Gasteiger partial charge in [0.1, 0.15) is 39.7 Å². The second-order valence-corrected chi connectivity index (χ2v) is 14.5. The van der Waals surface area contributed by atoms with E-state index in [0.717, 1.165) is 6.41 Å². The molecule has 1 amide bonds. The second kappa shape index (κ2) is 15.5. The number of fused-ring (bicyclic) bond motifs is 2. The van der Waals surface area contributed by atoms with Crippen molar-refractivity contribution < 1.29 is 32.5 Å². The van der Waals surface area contributed by atoms with E-state index < -0.39 is 17.2 Å². The minimum Gasteiger partial charge on any atom is -0.481 e. The molecule has 0 aliphatic carbocycles. The van der Waals surface area contributed by atoms with Crippen LogP contribution in [0, 0.1) is 25.5 Å². The number of amides is 1. The van der Waals surface area contributed by atoms with Crippen LogP contribution in [0.15, 0.2) is 121 Å². The standard InChI is InChI=1S/C47H40F2N6O5/c1-29-15-17-31(48)25-37(29)59-45-41(43-35(19-21-39(51-43)57-3)54(45)33-11-7-5-8-12-33)47(27-50-23-24-53(47)28-56)42-44-36(20-22-40(52-44)58-4)55(34-13-9-6-10-14-34)46(42)60-38-26-32(49)18-16-30(38)2/h5-22,25-26,28,50H,23-24,27H2,1-4H3. The number of benzene rings is 4. The third-order valence-corrected chi connectivity index (χ3v) is 11.0. The maximum absolute atomic E-state index is 15.2. The molecule has 0 radical (unpaired) electrons. The quantitative estimate of drug-likeness (QED) is 0.129. The Morgan fingerprint density at radius 1 is 0.650 bits per heavy atom. The Labute approximate surface area is 344 Å². The first-order valence-electron chi connectivity index (χ1n) is 19.4. The molecule has 1 N–H and O–H groups in total. The summed E-state index contributed by atoms with van der Waals surface area (Å²) in [7, 11) is 3.06. The van der Waals surface area contributed by atoms with E-state index in [1.54, 1.807) is 29.2 Å². The monoisotopic (exact) mass is 806 g/mol. The smallest absolute Gasteiger partial charge is 0.213 e. The van der Waals surface area contributed by atoms with Gasteiger partial charge in [0.25, 0.3) is 0 Å². The van der Waals surface area contributed by atoms with Crippen LogP contribution in [0.1, 0.15) is 22.3 Å². The minimum absolute atomic E-state index is 0.0995. The maximum atomic E-state index is 15.2. The van der Waals surface area contributed by atoms with Gasteiger partial charge >= 0.3 is 0 Å². The number of nitrogens with zero attached hydrogens (tertiary/aromatic N) is 5. The second-order valence-electron chi connectivity index (χ2n) is 14.5. The molecule has 4 aromatic carbocycles. The molecule has 1 saturated heterocycles. The molecule has 0 unspecified atom stereocenters. The Balaban J connectivity index is 1.51. The number of ether oxygens (including phenoxy) is 4. The van der Waals surface area contributed by atoms with Gasteiger partial charge in [0.15, 0.2) is 0 Å². The number of rotatable bonds is 11. The normalized spacial score (nSPS) is 13.7. The van der Waals surface area contributed by atoms with Gasteiger partial charge in [0.05, 0.1) is 36.4 Å². The summed E-state index contributed by atoms with van der Waals surface area (Å²) in [6, 6.07) is 35.1. The van der Waals surface area contributed by atoms with Gasteiger partial charge in [-0.2, -0.15) is 0 Å². The van der Waals surface area contributed by atoms with Crippen molar-refractivity contribution in [1.29, 1.82) is 0 Å². The van der Waals surface area contributed by atoms with Crippen LogP contribution in [0.2, 0.25) is 0 Å². The van der Waals surface area contributed by atoms with Crippen LogP contribution in [0.5, 0.6) is 35.0 Å². The van der Waals surface area contributed by atoms with Crippen molar-refractivity contribution in [3.05, 3.63) is 155 Å². The molecule has 1 aliphatic heterocycles. The summed E-state index contributed by atoms with van der Waals surface area (Å²) >= 11 is 0. The lowest BCUT2D eigenvalue weighted by Crippen LogP contribution is -2.59. The highest BCUT2D eigenvalue weighted by Gasteiger charge is 2.52. The Kier molecular flexibility index (Phi) is 9.88. The first-order valence-corrected chi connectivity index (χ1v) is 19.4. The van der Waals surface area contributed by atoms with Gasteiger partial charge in [-0.15, -0.1) is 0 Å². The molecule has 8 aromatic rings. The minimum atomic E-state index is -1.57. The third kappa shape index (κ3) is 6.34. The summed E-state index contributed by atoms with van der Waals surface area (Å²) in [5, 5.41) is 3.58. The molecule has 0 spiro atoms. The molecule has 11 nitrogen and oxygen atoms in total. The van der Waals surface area contributed by atoms with Crippen LogP contribution >= 0.6 is 0 Å². The highest BCUT2D eigenvalue weighted by Crippen LogP contribution is 2.54. The van der Waals surface area contributed by atoms with Crippen LogP contribution in [-0.4, -0.2) is 64.3 Å². The molecule has 9 rings (SSSR count). The summed E-state index contributed by atoms with van der Waals surface area (Å²) < 4.78 is 59.7. The summed E-state index contributed by atoms with van der Waals surface area (Å²) in [5.74, 6) is 0.610. The lowest BCUT2D eigenvalue weighted by atomic mass is 9.80. The Morgan fingerprint density at radius 3 is 1.55 bits per heavy atom. The number of carbonyl (C=O) groups excluding carboxylic acids is 1. The van der Waals surface area contributed by atoms with E-state index in [1.165, 1.54) is 38.5 Å². The van der Waals surface area contributed by atoms with Crippen molar-refractivity contribution in [3.63, 3.8) is 0 Å². The van der Waals surface area contributed by atoms with Crippen molar-refractivity contribution in [2.45, 2.75) is 19.4 Å². The van der Waals surface area contributed by atoms with Gasteiger partial charge < -0.3 is 29.2 Å². The van der Waals surface area contributed by atoms with E-state index in [-0.39, 0.29) is 36.3 Å². The van der Waals surface area contributed by atoms with Crippen molar-refractivity contribution in [2.24, 2.45) is 0 Å². The van der Waals surface area contributed by atoms with Crippen LogP contribution in [0.25, 0.3) is 33.4 Å². The molecule has 0 atom stereocenters. The third-order valence-electron chi connectivity index (χ3n) is 11.0. The first-order chi connectivity index (χ1) is 29.2. The molecular formula is C47H40F2N6O5. The average molecular weight is 807 g/mol. The van der Waals surface area contributed by atoms with Crippen molar-refractivity contribution in [3.8, 4) is 46.4 Å². The first kappa shape index (κ1) is 38.3. The van der Waals surface area contributed by atoms with Crippen LogP contribution < -0.4 is 24.3 Å². The Morgan fingerprint density at radius 2 is 1.12 bits per heavy atom. The number of hydrogen-bond donors (Lipinski definition) is 1. The van der Waals surface area contributed by atoms with E-state index in [1.807, 2.05) is 95.8 Å². The van der Waals surface area contributed by atoms with Gasteiger partial charge in [0, 0.05) is 55.3 Å². The number of nitrogens with one attached hydrogen (secondary N) is 1. The molecule has 5 heterocycles. The number of carbonyl (C=O) groups is 1. The molecule has 1 aliphatic rings. The zero-order valence-corrected chi connectivity index (χ0v) is 33.3. The van der Waals surface area contributed by atoms with Crippen molar-refractivity contribution >= 4 is 28.5 Å². The van der Waals surface area contributed by atoms with Gasteiger partial charge in [-0.3, -0.25) is 13.9 Å². The van der Waals surface area contributed by atoms with Gasteiger partial charge in [-0.05, 0) is 73.5 Å². The van der Waals surface area contributed by atoms with E-state index in [2.05, 4.69) is 5.32 Å². The summed E-state index contributed by atoms with van der Waals surface area (Å²) in [4.78, 5) is 25.8. The topological polar surface area (TPSA) is 105 Å². The average Bonchev–Trinajstić information content (AvgIpc) is 3.78. The van der Waals surface area contributed by atoms with Crippen LogP contribution in [0.4, 0.5) is 8.78 Å². The SMILES string of the molecule is COc1ccc2c(n1)c(C1(c3c(Oc4cc(F)ccc4C)n(-c4ccccc4)c4ccc(OC)nc34)CNCCN1C=O)c(Oc1cc(F)ccc1C)n2-c1ccccc1. The Bertz CT molecular complexity index is 2720. The van der Waals surface area contributed by atoms with E-state index >= 15 is 8.78 Å². The van der Waals surface area contributed by atoms with Crippen LogP contribution in [0.3, 0.4) is 0 Å². The highest BCUT2D eigenvalue weighted by molar-refractivity contribution is 5.93. The Hall–Kier alpha value is -7.25. The molecule has 4 aromatic heterocycles. The summed E-state index contributed by atoms with van der Waals surface area (Å²) in [5.41, 5.74) is 4.11. The predicted octanol–water partition coefficient (Wildman–Crippen LogP) is 9.17. The zero-order chi connectivity index (χ0) is 41.5. The fourth-order valence-electron chi connectivity index (χ4n) is 8.14. The van der Waals surface area contributed by atoms with Gasteiger partial charge in [0.2, 0.25) is 29.9 Å². The number of hydrogen-bond acceptors (Lipinski definition) is 8. The maximum Gasteiger partial charge on any atom is 0.213 e. The van der Waals surface area contributed by atoms with E-state index in [4.69, 9.17) is 28.9 Å².